The van der Waals surface area contributed by atoms with E-state index in [1.54, 1.807) is 12.1 Å². The number of hydrogen-bond acceptors (Lipinski definition) is 4. The van der Waals surface area contributed by atoms with Crippen LogP contribution >= 0.6 is 0 Å². The quantitative estimate of drug-likeness (QED) is 0.598. The van der Waals surface area contributed by atoms with Gasteiger partial charge >= 0.3 is 0 Å². The standard InChI is InChI=1S/C17H20N2O3/c1-10(2)7-11(3)18-19-17(22)14-8-12-5-4-6-15(20)13(12)9-16(14)21/h4-6,8-10,20-21H,7H2,1-3H3,(H,19,22)/b18-11+. The minimum atomic E-state index is -0.481. The first-order valence-electron chi connectivity index (χ1n) is 7.16. The van der Waals surface area contributed by atoms with Gasteiger partial charge in [0.05, 0.1) is 5.56 Å². The molecule has 5 nitrogen and oxygen atoms in total. The fourth-order valence-electron chi connectivity index (χ4n) is 2.32. The lowest BCUT2D eigenvalue weighted by Crippen LogP contribution is -2.19. The van der Waals surface area contributed by atoms with Gasteiger partial charge in [-0.05, 0) is 42.8 Å². The van der Waals surface area contributed by atoms with E-state index in [1.807, 2.05) is 6.92 Å². The third-order valence-electron chi connectivity index (χ3n) is 3.27. The molecule has 0 fully saturated rings. The Balaban J connectivity index is 2.27. The van der Waals surface area contributed by atoms with Crippen LogP contribution in [0.25, 0.3) is 10.8 Å². The second-order valence-corrected chi connectivity index (χ2v) is 5.75. The predicted octanol–water partition coefficient (Wildman–Crippen LogP) is 3.40. The summed E-state index contributed by atoms with van der Waals surface area (Å²) in [4.78, 5) is 12.1. The van der Waals surface area contributed by atoms with Crippen molar-refractivity contribution >= 4 is 22.4 Å². The van der Waals surface area contributed by atoms with Crippen molar-refractivity contribution in [1.82, 2.24) is 5.43 Å². The molecule has 0 aliphatic carbocycles. The zero-order chi connectivity index (χ0) is 16.3. The lowest BCUT2D eigenvalue weighted by molar-refractivity contribution is 0.0952. The molecule has 116 valence electrons. The summed E-state index contributed by atoms with van der Waals surface area (Å²) in [7, 11) is 0. The minimum absolute atomic E-state index is 0.0607. The van der Waals surface area contributed by atoms with Crippen LogP contribution in [-0.2, 0) is 0 Å². The average Bonchev–Trinajstić information content (AvgIpc) is 2.44. The summed E-state index contributed by atoms with van der Waals surface area (Å²) < 4.78 is 0. The summed E-state index contributed by atoms with van der Waals surface area (Å²) in [5, 5.41) is 24.9. The molecule has 2 aromatic carbocycles. The maximum atomic E-state index is 12.1. The molecule has 3 N–H and O–H groups in total. The highest BCUT2D eigenvalue weighted by Crippen LogP contribution is 2.30. The van der Waals surface area contributed by atoms with E-state index in [0.717, 1.165) is 12.1 Å². The number of amides is 1. The summed E-state index contributed by atoms with van der Waals surface area (Å²) in [5.74, 6) is -0.155. The highest BCUT2D eigenvalue weighted by molar-refractivity contribution is 6.03. The Kier molecular flexibility index (Phi) is 4.65. The molecule has 5 heteroatoms. The Labute approximate surface area is 129 Å². The van der Waals surface area contributed by atoms with E-state index in [2.05, 4.69) is 24.4 Å². The Morgan fingerprint density at radius 3 is 2.64 bits per heavy atom. The summed E-state index contributed by atoms with van der Waals surface area (Å²) >= 11 is 0. The predicted molar refractivity (Wildman–Crippen MR) is 87.3 cm³/mol. The van der Waals surface area contributed by atoms with Crippen LogP contribution in [0.4, 0.5) is 0 Å². The number of phenolic OH excluding ortho intramolecular Hbond substituents is 2. The van der Waals surface area contributed by atoms with E-state index in [4.69, 9.17) is 0 Å². The molecule has 22 heavy (non-hydrogen) atoms. The van der Waals surface area contributed by atoms with Gasteiger partial charge in [0, 0.05) is 11.1 Å². The Bertz CT molecular complexity index is 736. The van der Waals surface area contributed by atoms with E-state index >= 15 is 0 Å². The first kappa shape index (κ1) is 15.8. The molecule has 0 heterocycles. The number of carbonyl (C=O) groups excluding carboxylic acids is 1. The molecule has 0 saturated heterocycles. The topological polar surface area (TPSA) is 81.9 Å². The largest absolute Gasteiger partial charge is 0.507 e. The van der Waals surface area contributed by atoms with Gasteiger partial charge in [-0.2, -0.15) is 5.10 Å². The normalized spacial score (nSPS) is 11.9. The van der Waals surface area contributed by atoms with Gasteiger partial charge in [0.25, 0.3) is 5.91 Å². The van der Waals surface area contributed by atoms with Gasteiger partial charge in [-0.1, -0.05) is 26.0 Å². The maximum Gasteiger partial charge on any atom is 0.275 e. The number of benzene rings is 2. The molecule has 0 aromatic heterocycles. The molecule has 0 unspecified atom stereocenters. The lowest BCUT2D eigenvalue weighted by atomic mass is 10.0. The van der Waals surface area contributed by atoms with Crippen molar-refractivity contribution in [3.63, 3.8) is 0 Å². The Morgan fingerprint density at radius 1 is 1.23 bits per heavy atom. The van der Waals surface area contributed by atoms with Gasteiger partial charge < -0.3 is 10.2 Å². The fraction of sp³-hybridized carbons (Fsp3) is 0.294. The molecule has 0 spiro atoms. The van der Waals surface area contributed by atoms with Crippen LogP contribution in [-0.4, -0.2) is 21.8 Å². The SMILES string of the molecule is C/C(CC(C)C)=N\NC(=O)c1cc2cccc(O)c2cc1O. The van der Waals surface area contributed by atoms with E-state index < -0.39 is 5.91 Å². The smallest absolute Gasteiger partial charge is 0.275 e. The molecule has 0 saturated carbocycles. The second-order valence-electron chi connectivity index (χ2n) is 5.75. The molecule has 1 amide bonds. The van der Waals surface area contributed by atoms with Crippen molar-refractivity contribution in [2.45, 2.75) is 27.2 Å². The number of fused-ring (bicyclic) bond motifs is 1. The van der Waals surface area contributed by atoms with Crippen molar-refractivity contribution in [2.75, 3.05) is 0 Å². The van der Waals surface area contributed by atoms with Gasteiger partial charge in [0.2, 0.25) is 0 Å². The van der Waals surface area contributed by atoms with Crippen LogP contribution in [0, 0.1) is 5.92 Å². The molecule has 2 rings (SSSR count). The number of nitrogens with one attached hydrogen (secondary N) is 1. The van der Waals surface area contributed by atoms with Crippen molar-refractivity contribution < 1.29 is 15.0 Å². The van der Waals surface area contributed by atoms with Gasteiger partial charge in [-0.15, -0.1) is 0 Å². The van der Waals surface area contributed by atoms with Crippen LogP contribution < -0.4 is 5.43 Å². The monoisotopic (exact) mass is 300 g/mol. The van der Waals surface area contributed by atoms with E-state index in [9.17, 15) is 15.0 Å². The number of hydrogen-bond donors (Lipinski definition) is 3. The molecule has 0 atom stereocenters. The highest BCUT2D eigenvalue weighted by atomic mass is 16.3. The van der Waals surface area contributed by atoms with Crippen molar-refractivity contribution in [1.29, 1.82) is 0 Å². The second kappa shape index (κ2) is 6.47. The van der Waals surface area contributed by atoms with Gasteiger partial charge in [0.1, 0.15) is 11.5 Å². The van der Waals surface area contributed by atoms with Crippen LogP contribution in [0.2, 0.25) is 0 Å². The molecule has 0 bridgehead atoms. The van der Waals surface area contributed by atoms with Gasteiger partial charge in [-0.3, -0.25) is 4.79 Å². The van der Waals surface area contributed by atoms with Crippen molar-refractivity contribution in [2.24, 2.45) is 11.0 Å². The van der Waals surface area contributed by atoms with E-state index in [0.29, 0.717) is 16.7 Å². The number of nitrogens with zero attached hydrogens (tertiary/aromatic N) is 1. The summed E-state index contributed by atoms with van der Waals surface area (Å²) in [6, 6.07) is 7.89. The first-order valence-corrected chi connectivity index (χ1v) is 7.16. The Hall–Kier alpha value is -2.56. The average molecular weight is 300 g/mol. The van der Waals surface area contributed by atoms with Crippen LogP contribution in [0.3, 0.4) is 0 Å². The first-order chi connectivity index (χ1) is 10.4. The van der Waals surface area contributed by atoms with Crippen molar-refractivity contribution in [3.05, 3.63) is 35.9 Å². The number of aromatic hydroxyl groups is 2. The van der Waals surface area contributed by atoms with Crippen LogP contribution in [0.1, 0.15) is 37.6 Å². The summed E-state index contributed by atoms with van der Waals surface area (Å²) in [6.45, 7) is 5.99. The lowest BCUT2D eigenvalue weighted by Gasteiger charge is -2.08. The molecule has 0 radical (unpaired) electrons. The number of hydrazone groups is 1. The molecular weight excluding hydrogens is 280 g/mol. The third-order valence-corrected chi connectivity index (χ3v) is 3.27. The number of phenols is 2. The zero-order valence-corrected chi connectivity index (χ0v) is 12.9. The molecular formula is C17H20N2O3. The molecule has 0 aliphatic rings. The minimum Gasteiger partial charge on any atom is -0.507 e. The van der Waals surface area contributed by atoms with E-state index in [1.165, 1.54) is 18.2 Å². The fourth-order valence-corrected chi connectivity index (χ4v) is 2.32. The van der Waals surface area contributed by atoms with Crippen LogP contribution in [0.15, 0.2) is 35.4 Å². The highest BCUT2D eigenvalue weighted by Gasteiger charge is 2.13. The summed E-state index contributed by atoms with van der Waals surface area (Å²) in [5.41, 5.74) is 3.40. The molecule has 2 aromatic rings. The van der Waals surface area contributed by atoms with Crippen LogP contribution in [0.5, 0.6) is 11.5 Å². The number of carbonyl (C=O) groups is 1. The zero-order valence-electron chi connectivity index (χ0n) is 12.9. The molecule has 0 aliphatic heterocycles. The summed E-state index contributed by atoms with van der Waals surface area (Å²) in [6.07, 6.45) is 0.790. The third kappa shape index (κ3) is 3.55. The van der Waals surface area contributed by atoms with Gasteiger partial charge in [0.15, 0.2) is 0 Å². The van der Waals surface area contributed by atoms with E-state index in [-0.39, 0.29) is 17.1 Å². The van der Waals surface area contributed by atoms with Gasteiger partial charge in [-0.25, -0.2) is 5.43 Å². The maximum absolute atomic E-state index is 12.1. The Morgan fingerprint density at radius 2 is 1.95 bits per heavy atom. The number of rotatable bonds is 4. The van der Waals surface area contributed by atoms with Crippen molar-refractivity contribution in [3.8, 4) is 11.5 Å².